The van der Waals surface area contributed by atoms with Crippen molar-refractivity contribution in [3.8, 4) is 5.69 Å². The zero-order valence-corrected chi connectivity index (χ0v) is 17.8. The first kappa shape index (κ1) is 22.0. The molecule has 0 saturated heterocycles. The van der Waals surface area contributed by atoms with Crippen LogP contribution < -0.4 is 4.31 Å². The molecule has 0 N–H and O–H groups in total. The molecule has 31 heavy (non-hydrogen) atoms. The smallest absolute Gasteiger partial charge is 0.328 e. The molecule has 0 fully saturated rings. The first-order chi connectivity index (χ1) is 14.8. The molecule has 162 valence electrons. The number of aromatic nitrogens is 1. The number of anilines is 1. The number of nitrogens with zero attached hydrogens (tertiary/aromatic N) is 3. The first-order valence-electron chi connectivity index (χ1n) is 9.42. The van der Waals surface area contributed by atoms with E-state index < -0.39 is 27.5 Å². The van der Waals surface area contributed by atoms with Crippen LogP contribution in [0.4, 0.5) is 11.5 Å². The van der Waals surface area contributed by atoms with Gasteiger partial charge in [0.2, 0.25) is 0 Å². The third-order valence-electron chi connectivity index (χ3n) is 4.51. The van der Waals surface area contributed by atoms with Crippen molar-refractivity contribution in [3.05, 3.63) is 82.5 Å². The fourth-order valence-electron chi connectivity index (χ4n) is 3.06. The van der Waals surface area contributed by atoms with E-state index in [9.17, 15) is 23.3 Å². The van der Waals surface area contributed by atoms with Gasteiger partial charge in [0, 0.05) is 6.07 Å². The summed E-state index contributed by atoms with van der Waals surface area (Å²) in [5.41, 5.74) is 1.22. The minimum atomic E-state index is -4.18. The molecule has 10 heteroatoms. The summed E-state index contributed by atoms with van der Waals surface area (Å²) in [5, 5.41) is 11.4. The molecule has 0 aliphatic heterocycles. The number of para-hydroxylation sites is 2. The van der Waals surface area contributed by atoms with E-state index in [0.717, 1.165) is 9.87 Å². The van der Waals surface area contributed by atoms with Crippen molar-refractivity contribution in [2.75, 3.05) is 17.5 Å². The molecule has 3 aromatic rings. The predicted octanol–water partition coefficient (Wildman–Crippen LogP) is 3.45. The molecule has 0 aliphatic rings. The van der Waals surface area contributed by atoms with Crippen LogP contribution in [0, 0.1) is 17.0 Å². The van der Waals surface area contributed by atoms with Gasteiger partial charge in [0.1, 0.15) is 6.54 Å². The molecular formula is C21H21N3O6S. The molecule has 1 aromatic heterocycles. The maximum absolute atomic E-state index is 13.5. The Kier molecular flexibility index (Phi) is 6.40. The van der Waals surface area contributed by atoms with Crippen molar-refractivity contribution in [1.29, 1.82) is 0 Å². The molecule has 0 amide bonds. The monoisotopic (exact) mass is 443 g/mol. The van der Waals surface area contributed by atoms with E-state index >= 15 is 0 Å². The lowest BCUT2D eigenvalue weighted by atomic mass is 10.2. The Balaban J connectivity index is 2.19. The minimum absolute atomic E-state index is 0.0146. The Labute approximate surface area is 179 Å². The van der Waals surface area contributed by atoms with Crippen LogP contribution in [0.3, 0.4) is 0 Å². The summed E-state index contributed by atoms with van der Waals surface area (Å²) in [5.74, 6) is -0.980. The summed E-state index contributed by atoms with van der Waals surface area (Å²) in [6.07, 6.45) is 1.46. The number of esters is 1. The van der Waals surface area contributed by atoms with Crippen LogP contribution >= 0.6 is 0 Å². The largest absolute Gasteiger partial charge is 0.465 e. The highest BCUT2D eigenvalue weighted by molar-refractivity contribution is 7.92. The normalized spacial score (nSPS) is 11.2. The summed E-state index contributed by atoms with van der Waals surface area (Å²) in [6.45, 7) is 2.94. The average molecular weight is 443 g/mol. The van der Waals surface area contributed by atoms with Crippen molar-refractivity contribution >= 4 is 27.5 Å². The van der Waals surface area contributed by atoms with Crippen LogP contribution in [-0.2, 0) is 19.6 Å². The van der Waals surface area contributed by atoms with Gasteiger partial charge in [-0.2, -0.15) is 4.57 Å². The number of carbonyl (C=O) groups excluding carboxylic acids is 1. The van der Waals surface area contributed by atoms with Crippen LogP contribution in [0.5, 0.6) is 0 Å². The quantitative estimate of drug-likeness (QED) is 0.299. The molecular weight excluding hydrogens is 422 g/mol. The van der Waals surface area contributed by atoms with Crippen molar-refractivity contribution in [1.82, 2.24) is 4.57 Å². The fraction of sp³-hybridized carbons (Fsp3) is 0.190. The van der Waals surface area contributed by atoms with Gasteiger partial charge >= 0.3 is 11.8 Å². The molecule has 0 unspecified atom stereocenters. The summed E-state index contributed by atoms with van der Waals surface area (Å²) in [4.78, 5) is 23.1. The van der Waals surface area contributed by atoms with Gasteiger partial charge < -0.3 is 14.9 Å². The predicted molar refractivity (Wildman–Crippen MR) is 115 cm³/mol. The second kappa shape index (κ2) is 9.00. The van der Waals surface area contributed by atoms with Crippen molar-refractivity contribution in [3.63, 3.8) is 0 Å². The number of rotatable bonds is 8. The van der Waals surface area contributed by atoms with E-state index in [-0.39, 0.29) is 28.7 Å². The van der Waals surface area contributed by atoms with Crippen molar-refractivity contribution in [2.45, 2.75) is 18.7 Å². The second-order valence-electron chi connectivity index (χ2n) is 6.61. The molecule has 3 rings (SSSR count). The van der Waals surface area contributed by atoms with Crippen LogP contribution in [-0.4, -0.2) is 37.0 Å². The third kappa shape index (κ3) is 4.58. The minimum Gasteiger partial charge on any atom is -0.465 e. The van der Waals surface area contributed by atoms with E-state index in [1.54, 1.807) is 37.3 Å². The summed E-state index contributed by atoms with van der Waals surface area (Å²) >= 11 is 0. The third-order valence-corrected chi connectivity index (χ3v) is 6.29. The maximum Gasteiger partial charge on any atom is 0.328 e. The van der Waals surface area contributed by atoms with Crippen LogP contribution in [0.25, 0.3) is 5.69 Å². The van der Waals surface area contributed by atoms with Crippen LogP contribution in [0.1, 0.15) is 12.5 Å². The fourth-order valence-corrected chi connectivity index (χ4v) is 4.49. The number of carbonyl (C=O) groups is 1. The lowest BCUT2D eigenvalue weighted by molar-refractivity contribution is -0.390. The standard InChI is InChI=1S/C21H21N3O6S/c1-3-30-21(25)15-23(31(28,29)17-12-10-16(2)11-13-17)19-8-5-4-7-18(19)22-14-6-9-20(22)24(26)27/h4-14H,3,15H2,1-2H3. The number of aryl methyl sites for hydroxylation is 1. The average Bonchev–Trinajstić information content (AvgIpc) is 3.23. The number of hydrogen-bond donors (Lipinski definition) is 0. The lowest BCUT2D eigenvalue weighted by Gasteiger charge is -2.25. The van der Waals surface area contributed by atoms with Gasteiger partial charge in [0.15, 0.2) is 5.69 Å². The number of sulfonamides is 1. The van der Waals surface area contributed by atoms with Gasteiger partial charge in [-0.25, -0.2) is 8.42 Å². The molecule has 0 spiro atoms. The van der Waals surface area contributed by atoms with E-state index in [1.165, 1.54) is 41.1 Å². The Morgan fingerprint density at radius 2 is 1.77 bits per heavy atom. The summed E-state index contributed by atoms with van der Waals surface area (Å²) in [6, 6.07) is 15.2. The number of nitro groups is 1. The molecule has 0 radical (unpaired) electrons. The molecule has 2 aromatic carbocycles. The highest BCUT2D eigenvalue weighted by atomic mass is 32.2. The van der Waals surface area contributed by atoms with Crippen LogP contribution in [0.15, 0.2) is 71.8 Å². The topological polar surface area (TPSA) is 112 Å². The van der Waals surface area contributed by atoms with E-state index in [1.807, 2.05) is 6.92 Å². The zero-order chi connectivity index (χ0) is 22.6. The van der Waals surface area contributed by atoms with E-state index in [0.29, 0.717) is 0 Å². The van der Waals surface area contributed by atoms with Crippen molar-refractivity contribution in [2.24, 2.45) is 0 Å². The molecule has 0 atom stereocenters. The second-order valence-corrected chi connectivity index (χ2v) is 8.47. The van der Waals surface area contributed by atoms with E-state index in [4.69, 9.17) is 4.74 Å². The highest BCUT2D eigenvalue weighted by Crippen LogP contribution is 2.32. The highest BCUT2D eigenvalue weighted by Gasteiger charge is 2.31. The van der Waals surface area contributed by atoms with Crippen LogP contribution in [0.2, 0.25) is 0 Å². The Morgan fingerprint density at radius 1 is 1.10 bits per heavy atom. The number of hydrogen-bond acceptors (Lipinski definition) is 6. The molecule has 0 bridgehead atoms. The van der Waals surface area contributed by atoms with Gasteiger partial charge in [0.25, 0.3) is 10.0 Å². The zero-order valence-electron chi connectivity index (χ0n) is 17.0. The van der Waals surface area contributed by atoms with Gasteiger partial charge in [-0.05, 0) is 49.1 Å². The Bertz CT molecular complexity index is 1200. The van der Waals surface area contributed by atoms with E-state index in [2.05, 4.69) is 0 Å². The van der Waals surface area contributed by atoms with Crippen molar-refractivity contribution < 1.29 is 22.9 Å². The number of benzene rings is 2. The van der Waals surface area contributed by atoms with Gasteiger partial charge in [-0.1, -0.05) is 29.8 Å². The molecule has 1 heterocycles. The summed E-state index contributed by atoms with van der Waals surface area (Å²) in [7, 11) is -4.18. The number of ether oxygens (including phenoxy) is 1. The molecule has 0 aliphatic carbocycles. The Morgan fingerprint density at radius 3 is 2.42 bits per heavy atom. The van der Waals surface area contributed by atoms with Gasteiger partial charge in [0.05, 0.1) is 23.4 Å². The Hall–Kier alpha value is -3.66. The van der Waals surface area contributed by atoms with Gasteiger partial charge in [-0.3, -0.25) is 9.10 Å². The first-order valence-corrected chi connectivity index (χ1v) is 10.9. The summed E-state index contributed by atoms with van der Waals surface area (Å²) < 4.78 is 34.1. The van der Waals surface area contributed by atoms with Gasteiger partial charge in [-0.15, -0.1) is 0 Å². The molecule has 0 saturated carbocycles. The SMILES string of the molecule is CCOC(=O)CN(c1ccccc1-n1cccc1[N+](=O)[O-])S(=O)(=O)c1ccc(C)cc1. The molecule has 9 nitrogen and oxygen atoms in total. The lowest BCUT2D eigenvalue weighted by Crippen LogP contribution is -2.37. The maximum atomic E-state index is 13.5.